The van der Waals surface area contributed by atoms with Crippen LogP contribution in [0.5, 0.6) is 0 Å². The van der Waals surface area contributed by atoms with Gasteiger partial charge in [-0.2, -0.15) is 4.98 Å². The summed E-state index contributed by atoms with van der Waals surface area (Å²) in [6.45, 7) is 2.86. The van der Waals surface area contributed by atoms with Crippen molar-refractivity contribution in [2.45, 2.75) is 19.8 Å². The zero-order valence-electron chi connectivity index (χ0n) is 12.1. The molecule has 0 saturated carbocycles. The van der Waals surface area contributed by atoms with E-state index in [0.29, 0.717) is 37.7 Å². The van der Waals surface area contributed by atoms with E-state index in [1.807, 2.05) is 4.90 Å². The lowest BCUT2D eigenvalue weighted by molar-refractivity contribution is -0.142. The first kappa shape index (κ1) is 14.4. The fourth-order valence-corrected chi connectivity index (χ4v) is 2.60. The molecule has 2 aromatic rings. The first-order chi connectivity index (χ1) is 10.6. The highest BCUT2D eigenvalue weighted by Gasteiger charge is 2.26. The van der Waals surface area contributed by atoms with Gasteiger partial charge in [0.25, 0.3) is 0 Å². The Kier molecular flexibility index (Phi) is 3.74. The van der Waals surface area contributed by atoms with Gasteiger partial charge in [-0.25, -0.2) is 14.4 Å². The van der Waals surface area contributed by atoms with Gasteiger partial charge in [0.2, 0.25) is 5.95 Å². The molecule has 22 heavy (non-hydrogen) atoms. The molecule has 0 aromatic carbocycles. The van der Waals surface area contributed by atoms with Crippen molar-refractivity contribution in [3.63, 3.8) is 0 Å². The number of carboxylic acids is 1. The van der Waals surface area contributed by atoms with Crippen molar-refractivity contribution < 1.29 is 14.3 Å². The first-order valence-corrected chi connectivity index (χ1v) is 7.07. The van der Waals surface area contributed by atoms with E-state index in [2.05, 4.69) is 15.0 Å². The summed E-state index contributed by atoms with van der Waals surface area (Å²) in [6.07, 6.45) is 5.43. The second-order valence-corrected chi connectivity index (χ2v) is 5.29. The first-order valence-electron chi connectivity index (χ1n) is 7.07. The van der Waals surface area contributed by atoms with Gasteiger partial charge >= 0.3 is 5.97 Å². The summed E-state index contributed by atoms with van der Waals surface area (Å²) in [5.41, 5.74) is 0. The third kappa shape index (κ3) is 2.63. The molecule has 1 fully saturated rings. The standard InChI is InChI=1S/C14H16FN5O2/c1-9-16-4-7-20(9)12-11(15)8-17-14(18-12)19-5-2-10(3-6-19)13(21)22/h4,7-8,10H,2-3,5-6H2,1H3,(H,21,22). The van der Waals surface area contributed by atoms with Gasteiger partial charge in [0.15, 0.2) is 11.6 Å². The maximum absolute atomic E-state index is 14.0. The summed E-state index contributed by atoms with van der Waals surface area (Å²) in [5, 5.41) is 9.02. The van der Waals surface area contributed by atoms with Gasteiger partial charge in [-0.05, 0) is 19.8 Å². The normalized spacial score (nSPS) is 16.0. The number of piperidine rings is 1. The molecule has 7 nitrogen and oxygen atoms in total. The largest absolute Gasteiger partial charge is 0.481 e. The van der Waals surface area contributed by atoms with Gasteiger partial charge in [0, 0.05) is 25.5 Å². The molecule has 3 heterocycles. The molecule has 0 amide bonds. The van der Waals surface area contributed by atoms with E-state index in [0.717, 1.165) is 6.20 Å². The topological polar surface area (TPSA) is 84.1 Å². The Balaban J connectivity index is 1.84. The monoisotopic (exact) mass is 305 g/mol. The molecule has 116 valence electrons. The van der Waals surface area contributed by atoms with Gasteiger partial charge in [0.1, 0.15) is 5.82 Å². The van der Waals surface area contributed by atoms with Gasteiger partial charge < -0.3 is 10.0 Å². The van der Waals surface area contributed by atoms with Crippen LogP contribution in [0, 0.1) is 18.7 Å². The van der Waals surface area contributed by atoms with Crippen molar-refractivity contribution in [2.24, 2.45) is 5.92 Å². The zero-order valence-corrected chi connectivity index (χ0v) is 12.1. The van der Waals surface area contributed by atoms with Crippen LogP contribution >= 0.6 is 0 Å². The molecule has 0 unspecified atom stereocenters. The molecule has 2 aromatic heterocycles. The molecule has 0 aliphatic carbocycles. The minimum Gasteiger partial charge on any atom is -0.481 e. The lowest BCUT2D eigenvalue weighted by Crippen LogP contribution is -2.37. The summed E-state index contributed by atoms with van der Waals surface area (Å²) in [6, 6.07) is 0. The Morgan fingerprint density at radius 1 is 1.36 bits per heavy atom. The second kappa shape index (κ2) is 5.70. The van der Waals surface area contributed by atoms with Crippen LogP contribution in [0.3, 0.4) is 0 Å². The molecule has 0 bridgehead atoms. The molecule has 0 atom stereocenters. The second-order valence-electron chi connectivity index (χ2n) is 5.29. The lowest BCUT2D eigenvalue weighted by atomic mass is 9.97. The van der Waals surface area contributed by atoms with E-state index in [4.69, 9.17) is 5.11 Å². The molecular weight excluding hydrogens is 289 g/mol. The molecule has 0 radical (unpaired) electrons. The minimum atomic E-state index is -0.769. The molecule has 0 spiro atoms. The molecule has 8 heteroatoms. The number of carboxylic acid groups (broad SMARTS) is 1. The average Bonchev–Trinajstić information content (AvgIpc) is 2.94. The number of aliphatic carboxylic acids is 1. The minimum absolute atomic E-state index is 0.153. The molecule has 1 aliphatic heterocycles. The van der Waals surface area contributed by atoms with Gasteiger partial charge in [0.05, 0.1) is 12.1 Å². The van der Waals surface area contributed by atoms with E-state index in [1.54, 1.807) is 23.9 Å². The highest BCUT2D eigenvalue weighted by atomic mass is 19.1. The van der Waals surface area contributed by atoms with Gasteiger partial charge in [-0.3, -0.25) is 9.36 Å². The molecular formula is C14H16FN5O2. The maximum atomic E-state index is 14.0. The van der Waals surface area contributed by atoms with E-state index < -0.39 is 11.8 Å². The zero-order chi connectivity index (χ0) is 15.7. The number of rotatable bonds is 3. The Labute approximate surface area is 126 Å². The SMILES string of the molecule is Cc1nccn1-c1nc(N2CCC(C(=O)O)CC2)ncc1F. The number of carbonyl (C=O) groups is 1. The summed E-state index contributed by atoms with van der Waals surface area (Å²) < 4.78 is 15.5. The van der Waals surface area contributed by atoms with Crippen molar-refractivity contribution in [1.82, 2.24) is 19.5 Å². The third-order valence-electron chi connectivity index (χ3n) is 3.89. The van der Waals surface area contributed by atoms with E-state index >= 15 is 0 Å². The number of hydrogen-bond donors (Lipinski definition) is 1. The number of aromatic nitrogens is 4. The number of anilines is 1. The van der Waals surface area contributed by atoms with Crippen LogP contribution in [0.25, 0.3) is 5.82 Å². The van der Waals surface area contributed by atoms with Crippen LogP contribution in [0.2, 0.25) is 0 Å². The number of halogens is 1. The third-order valence-corrected chi connectivity index (χ3v) is 3.89. The van der Waals surface area contributed by atoms with E-state index in [1.165, 1.54) is 0 Å². The summed E-state index contributed by atoms with van der Waals surface area (Å²) >= 11 is 0. The molecule has 3 rings (SSSR count). The van der Waals surface area contributed by atoms with Crippen molar-refractivity contribution >= 4 is 11.9 Å². The Morgan fingerprint density at radius 2 is 2.09 bits per heavy atom. The summed E-state index contributed by atoms with van der Waals surface area (Å²) in [7, 11) is 0. The van der Waals surface area contributed by atoms with Crippen molar-refractivity contribution in [3.8, 4) is 5.82 Å². The number of imidazole rings is 1. The predicted octanol–water partition coefficient (Wildman–Crippen LogP) is 1.41. The van der Waals surface area contributed by atoms with Crippen LogP contribution < -0.4 is 4.90 Å². The Morgan fingerprint density at radius 3 is 2.68 bits per heavy atom. The predicted molar refractivity (Wildman–Crippen MR) is 76.4 cm³/mol. The van der Waals surface area contributed by atoms with Crippen molar-refractivity contribution in [1.29, 1.82) is 0 Å². The fraction of sp³-hybridized carbons (Fsp3) is 0.429. The number of aryl methyl sites for hydroxylation is 1. The number of nitrogens with zero attached hydrogens (tertiary/aromatic N) is 5. The van der Waals surface area contributed by atoms with Crippen LogP contribution in [0.4, 0.5) is 10.3 Å². The van der Waals surface area contributed by atoms with Crippen molar-refractivity contribution in [2.75, 3.05) is 18.0 Å². The van der Waals surface area contributed by atoms with Crippen LogP contribution in [-0.2, 0) is 4.79 Å². The highest BCUT2D eigenvalue weighted by molar-refractivity contribution is 5.70. The molecule has 1 saturated heterocycles. The Hall–Kier alpha value is -2.51. The molecule has 1 aliphatic rings. The fourth-order valence-electron chi connectivity index (χ4n) is 2.60. The summed E-state index contributed by atoms with van der Waals surface area (Å²) in [5.74, 6) is -0.423. The van der Waals surface area contributed by atoms with Gasteiger partial charge in [-0.1, -0.05) is 0 Å². The van der Waals surface area contributed by atoms with E-state index in [9.17, 15) is 9.18 Å². The lowest BCUT2D eigenvalue weighted by Gasteiger charge is -2.30. The van der Waals surface area contributed by atoms with Gasteiger partial charge in [-0.15, -0.1) is 0 Å². The van der Waals surface area contributed by atoms with E-state index in [-0.39, 0.29) is 11.7 Å². The van der Waals surface area contributed by atoms with Crippen LogP contribution in [-0.4, -0.2) is 43.7 Å². The van der Waals surface area contributed by atoms with Crippen molar-refractivity contribution in [3.05, 3.63) is 30.2 Å². The quantitative estimate of drug-likeness (QED) is 0.923. The van der Waals surface area contributed by atoms with Crippen LogP contribution in [0.1, 0.15) is 18.7 Å². The molecule has 1 N–H and O–H groups in total. The summed E-state index contributed by atoms with van der Waals surface area (Å²) in [4.78, 5) is 25.2. The Bertz CT molecular complexity index is 694. The van der Waals surface area contributed by atoms with Crippen LogP contribution in [0.15, 0.2) is 18.6 Å². The smallest absolute Gasteiger partial charge is 0.306 e. The maximum Gasteiger partial charge on any atom is 0.306 e. The highest BCUT2D eigenvalue weighted by Crippen LogP contribution is 2.22. The number of hydrogen-bond acceptors (Lipinski definition) is 5. The average molecular weight is 305 g/mol.